The van der Waals surface area contributed by atoms with Crippen LogP contribution in [-0.2, 0) is 4.79 Å². The second-order valence-corrected chi connectivity index (χ2v) is 8.35. The first-order valence-electron chi connectivity index (χ1n) is 10.8. The highest BCUT2D eigenvalue weighted by Gasteiger charge is 2.34. The number of nitrogens with zero attached hydrogens (tertiary/aromatic N) is 5. The van der Waals surface area contributed by atoms with E-state index in [9.17, 15) is 19.7 Å². The average Bonchev–Trinajstić information content (AvgIpc) is 3.33. The number of nitro benzene ring substituents is 1. The van der Waals surface area contributed by atoms with Crippen molar-refractivity contribution in [1.82, 2.24) is 14.7 Å². The summed E-state index contributed by atoms with van der Waals surface area (Å²) in [5, 5.41) is 10.8. The molecule has 3 aliphatic heterocycles. The van der Waals surface area contributed by atoms with Gasteiger partial charge in [0, 0.05) is 70.2 Å². The first kappa shape index (κ1) is 20.4. The van der Waals surface area contributed by atoms with Gasteiger partial charge >= 0.3 is 6.03 Å². The summed E-state index contributed by atoms with van der Waals surface area (Å²) in [5.74, 6) is 0.0356. The second-order valence-electron chi connectivity index (χ2n) is 8.35. The van der Waals surface area contributed by atoms with Gasteiger partial charge in [-0.15, -0.1) is 0 Å². The molecule has 9 nitrogen and oxygen atoms in total. The smallest absolute Gasteiger partial charge is 0.320 e. The Bertz CT molecular complexity index is 785. The average molecular weight is 415 g/mol. The molecule has 0 aromatic heterocycles. The normalized spacial score (nSPS) is 22.3. The molecule has 30 heavy (non-hydrogen) atoms. The molecule has 1 unspecified atom stereocenters. The molecule has 0 aliphatic carbocycles. The Morgan fingerprint density at radius 2 is 1.47 bits per heavy atom. The fraction of sp³-hybridized carbons (Fsp3) is 0.619. The van der Waals surface area contributed by atoms with Crippen LogP contribution < -0.4 is 4.90 Å². The maximum Gasteiger partial charge on any atom is 0.320 e. The molecule has 0 saturated carbocycles. The number of non-ortho nitro benzene ring substituents is 1. The molecule has 3 amide bonds. The Morgan fingerprint density at radius 3 is 2.10 bits per heavy atom. The number of piperidine rings is 1. The molecule has 0 spiro atoms. The van der Waals surface area contributed by atoms with E-state index in [1.165, 1.54) is 12.1 Å². The first-order valence-corrected chi connectivity index (χ1v) is 10.8. The van der Waals surface area contributed by atoms with E-state index in [4.69, 9.17) is 0 Å². The van der Waals surface area contributed by atoms with Crippen molar-refractivity contribution in [3.05, 3.63) is 34.4 Å². The van der Waals surface area contributed by atoms with E-state index >= 15 is 0 Å². The molecule has 0 N–H and O–H groups in total. The van der Waals surface area contributed by atoms with Crippen LogP contribution in [0.5, 0.6) is 0 Å². The van der Waals surface area contributed by atoms with Crippen LogP contribution in [-0.4, -0.2) is 83.9 Å². The number of hydrogen-bond acceptors (Lipinski definition) is 5. The van der Waals surface area contributed by atoms with Gasteiger partial charge in [-0.1, -0.05) is 0 Å². The predicted molar refractivity (Wildman–Crippen MR) is 112 cm³/mol. The lowest BCUT2D eigenvalue weighted by molar-refractivity contribution is -0.384. The number of amides is 3. The van der Waals surface area contributed by atoms with Gasteiger partial charge in [-0.2, -0.15) is 0 Å². The summed E-state index contributed by atoms with van der Waals surface area (Å²) in [7, 11) is 0. The summed E-state index contributed by atoms with van der Waals surface area (Å²) in [6.07, 6.45) is 3.85. The molecule has 0 bridgehead atoms. The number of carbonyl (C=O) groups is 2. The van der Waals surface area contributed by atoms with Crippen molar-refractivity contribution in [2.75, 3.05) is 57.3 Å². The molecule has 4 rings (SSSR count). The standard InChI is InChI=1S/C21H29N5O4/c27-20(17-4-3-11-25(16-17)21(28)24-9-1-2-10-24)23-14-12-22(13-15-23)18-5-7-19(8-6-18)26(29)30/h5-8,17H,1-4,9-16H2. The number of rotatable bonds is 3. The summed E-state index contributed by atoms with van der Waals surface area (Å²) in [6.45, 7) is 5.60. The number of carbonyl (C=O) groups excluding carboxylic acids is 2. The summed E-state index contributed by atoms with van der Waals surface area (Å²) >= 11 is 0. The predicted octanol–water partition coefficient (Wildman–Crippen LogP) is 2.17. The zero-order valence-electron chi connectivity index (χ0n) is 17.2. The van der Waals surface area contributed by atoms with Gasteiger partial charge in [0.05, 0.1) is 10.8 Å². The highest BCUT2D eigenvalue weighted by Crippen LogP contribution is 2.24. The van der Waals surface area contributed by atoms with Gasteiger partial charge in [-0.05, 0) is 37.8 Å². The van der Waals surface area contributed by atoms with Gasteiger partial charge in [0.15, 0.2) is 0 Å². The minimum Gasteiger partial charge on any atom is -0.368 e. The number of urea groups is 1. The Balaban J connectivity index is 1.30. The molecular formula is C21H29N5O4. The van der Waals surface area contributed by atoms with Crippen molar-refractivity contribution < 1.29 is 14.5 Å². The van der Waals surface area contributed by atoms with Crippen LogP contribution in [0.4, 0.5) is 16.2 Å². The maximum absolute atomic E-state index is 13.1. The van der Waals surface area contributed by atoms with Gasteiger partial charge in [0.1, 0.15) is 0 Å². The van der Waals surface area contributed by atoms with Crippen LogP contribution in [0, 0.1) is 16.0 Å². The molecule has 162 valence electrons. The fourth-order valence-electron chi connectivity index (χ4n) is 4.69. The molecular weight excluding hydrogens is 386 g/mol. The third-order valence-corrected chi connectivity index (χ3v) is 6.43. The van der Waals surface area contributed by atoms with E-state index < -0.39 is 4.92 Å². The largest absolute Gasteiger partial charge is 0.368 e. The van der Waals surface area contributed by atoms with Crippen LogP contribution in [0.25, 0.3) is 0 Å². The molecule has 3 aliphatic rings. The van der Waals surface area contributed by atoms with E-state index in [1.54, 1.807) is 12.1 Å². The monoisotopic (exact) mass is 415 g/mol. The molecule has 3 heterocycles. The van der Waals surface area contributed by atoms with E-state index in [0.29, 0.717) is 32.7 Å². The Labute approximate surface area is 176 Å². The van der Waals surface area contributed by atoms with E-state index in [-0.39, 0.29) is 23.5 Å². The lowest BCUT2D eigenvalue weighted by Gasteiger charge is -2.40. The zero-order chi connectivity index (χ0) is 21.1. The third kappa shape index (κ3) is 4.34. The number of likely N-dealkylation sites (tertiary alicyclic amines) is 2. The Morgan fingerprint density at radius 1 is 0.833 bits per heavy atom. The van der Waals surface area contributed by atoms with Crippen LogP contribution in [0.1, 0.15) is 25.7 Å². The van der Waals surface area contributed by atoms with Crippen molar-refractivity contribution in [2.45, 2.75) is 25.7 Å². The van der Waals surface area contributed by atoms with Crippen molar-refractivity contribution in [2.24, 2.45) is 5.92 Å². The highest BCUT2D eigenvalue weighted by molar-refractivity contribution is 5.81. The van der Waals surface area contributed by atoms with Gasteiger partial charge in [-0.25, -0.2) is 4.79 Å². The molecule has 9 heteroatoms. The van der Waals surface area contributed by atoms with Gasteiger partial charge in [0.2, 0.25) is 5.91 Å². The number of piperazine rings is 1. The molecule has 1 aromatic rings. The number of anilines is 1. The van der Waals surface area contributed by atoms with Crippen LogP contribution in [0.2, 0.25) is 0 Å². The van der Waals surface area contributed by atoms with Crippen LogP contribution in [0.3, 0.4) is 0 Å². The van der Waals surface area contributed by atoms with Gasteiger partial charge < -0.3 is 19.6 Å². The lowest BCUT2D eigenvalue weighted by Crippen LogP contribution is -2.54. The highest BCUT2D eigenvalue weighted by atomic mass is 16.6. The minimum absolute atomic E-state index is 0.0814. The Hall–Kier alpha value is -2.84. The molecule has 1 aromatic carbocycles. The topological polar surface area (TPSA) is 90.2 Å². The lowest BCUT2D eigenvalue weighted by atomic mass is 9.96. The van der Waals surface area contributed by atoms with Gasteiger partial charge in [0.25, 0.3) is 5.69 Å². The fourth-order valence-corrected chi connectivity index (χ4v) is 4.69. The summed E-state index contributed by atoms with van der Waals surface area (Å²) in [4.78, 5) is 44.0. The number of hydrogen-bond donors (Lipinski definition) is 0. The Kier molecular flexibility index (Phi) is 6.06. The van der Waals surface area contributed by atoms with E-state index in [1.807, 2.05) is 14.7 Å². The maximum atomic E-state index is 13.1. The quantitative estimate of drug-likeness (QED) is 0.557. The SMILES string of the molecule is O=C(C1CCCN(C(=O)N2CCCC2)C1)N1CCN(c2ccc([N+](=O)[O-])cc2)CC1. The van der Waals surface area contributed by atoms with Crippen molar-refractivity contribution in [3.8, 4) is 0 Å². The second kappa shape index (κ2) is 8.89. The molecule has 3 fully saturated rings. The summed E-state index contributed by atoms with van der Waals surface area (Å²) in [6, 6.07) is 6.65. The third-order valence-electron chi connectivity index (χ3n) is 6.43. The summed E-state index contributed by atoms with van der Waals surface area (Å²) in [5.41, 5.74) is 1.02. The minimum atomic E-state index is -0.400. The zero-order valence-corrected chi connectivity index (χ0v) is 17.2. The van der Waals surface area contributed by atoms with Gasteiger partial charge in [-0.3, -0.25) is 14.9 Å². The van der Waals surface area contributed by atoms with Crippen molar-refractivity contribution >= 4 is 23.3 Å². The van der Waals surface area contributed by atoms with Crippen LogP contribution in [0.15, 0.2) is 24.3 Å². The first-order chi connectivity index (χ1) is 14.5. The van der Waals surface area contributed by atoms with Crippen molar-refractivity contribution in [1.29, 1.82) is 0 Å². The number of benzene rings is 1. The molecule has 3 saturated heterocycles. The summed E-state index contributed by atoms with van der Waals surface area (Å²) < 4.78 is 0. The number of nitro groups is 1. The van der Waals surface area contributed by atoms with E-state index in [0.717, 1.165) is 51.0 Å². The van der Waals surface area contributed by atoms with Crippen molar-refractivity contribution in [3.63, 3.8) is 0 Å². The molecule has 1 atom stereocenters. The van der Waals surface area contributed by atoms with Crippen LogP contribution >= 0.6 is 0 Å². The molecule has 0 radical (unpaired) electrons. The van der Waals surface area contributed by atoms with E-state index in [2.05, 4.69) is 4.90 Å².